The Balaban J connectivity index is 1.93. The summed E-state index contributed by atoms with van der Waals surface area (Å²) in [4.78, 5) is 22.8. The molecular weight excluding hydrogens is 256 g/mol. The number of nitrogens with one attached hydrogen (secondary N) is 2. The molecule has 0 unspecified atom stereocenters. The molecule has 2 heterocycles. The molecule has 0 bridgehead atoms. The maximum absolute atomic E-state index is 11.5. The van der Waals surface area contributed by atoms with Gasteiger partial charge in [-0.1, -0.05) is 0 Å². The van der Waals surface area contributed by atoms with Crippen molar-refractivity contribution in [3.8, 4) is 0 Å². The van der Waals surface area contributed by atoms with Crippen LogP contribution in [0.2, 0.25) is 0 Å². The highest BCUT2D eigenvalue weighted by atomic mass is 16.1. The number of hydrogen-bond acceptors (Lipinski definition) is 6. The summed E-state index contributed by atoms with van der Waals surface area (Å²) < 4.78 is 0. The highest BCUT2D eigenvalue weighted by molar-refractivity contribution is 5.77. The van der Waals surface area contributed by atoms with Crippen LogP contribution in [0.15, 0.2) is 0 Å². The summed E-state index contributed by atoms with van der Waals surface area (Å²) in [6, 6.07) is 0. The number of anilines is 2. The van der Waals surface area contributed by atoms with E-state index in [0.717, 1.165) is 36.6 Å². The van der Waals surface area contributed by atoms with Crippen molar-refractivity contribution >= 4 is 17.5 Å². The number of aromatic nitrogens is 2. The highest BCUT2D eigenvalue weighted by Gasteiger charge is 2.29. The van der Waals surface area contributed by atoms with E-state index in [9.17, 15) is 4.79 Å². The van der Waals surface area contributed by atoms with Gasteiger partial charge in [0, 0.05) is 37.5 Å². The zero-order valence-electron chi connectivity index (χ0n) is 11.6. The van der Waals surface area contributed by atoms with Crippen LogP contribution in [0.1, 0.15) is 36.6 Å². The summed E-state index contributed by atoms with van der Waals surface area (Å²) in [5.41, 5.74) is 3.60. The molecule has 20 heavy (non-hydrogen) atoms. The number of nitrogen functional groups attached to an aromatic ring is 1. The third-order valence-electron chi connectivity index (χ3n) is 3.83. The van der Waals surface area contributed by atoms with Gasteiger partial charge in [-0.2, -0.15) is 0 Å². The molecule has 1 aromatic heterocycles. The van der Waals surface area contributed by atoms with E-state index in [1.807, 2.05) is 6.92 Å². The van der Waals surface area contributed by atoms with Gasteiger partial charge in [0.05, 0.1) is 0 Å². The molecule has 108 valence electrons. The van der Waals surface area contributed by atoms with Crippen molar-refractivity contribution < 1.29 is 4.79 Å². The maximum atomic E-state index is 11.5. The minimum Gasteiger partial charge on any atom is -0.354 e. The van der Waals surface area contributed by atoms with Crippen LogP contribution in [0.3, 0.4) is 0 Å². The number of amides is 1. The molecule has 1 amide bonds. The highest BCUT2D eigenvalue weighted by Crippen LogP contribution is 2.40. The Labute approximate surface area is 117 Å². The predicted molar refractivity (Wildman–Crippen MR) is 76.4 cm³/mol. The molecular formula is C13H20N6O. The lowest BCUT2D eigenvalue weighted by Crippen LogP contribution is -2.30. The molecule has 0 radical (unpaired) electrons. The molecule has 1 aliphatic heterocycles. The Kier molecular flexibility index (Phi) is 3.43. The molecule has 0 aromatic carbocycles. The summed E-state index contributed by atoms with van der Waals surface area (Å²) >= 11 is 0. The normalized spacial score (nSPS) is 19.5. The lowest BCUT2D eigenvalue weighted by molar-refractivity contribution is -0.120. The van der Waals surface area contributed by atoms with Crippen molar-refractivity contribution in [2.75, 3.05) is 30.0 Å². The second-order valence-corrected chi connectivity index (χ2v) is 5.38. The fourth-order valence-electron chi connectivity index (χ4n) is 2.47. The van der Waals surface area contributed by atoms with Gasteiger partial charge in [-0.05, 0) is 19.8 Å². The van der Waals surface area contributed by atoms with Gasteiger partial charge in [0.1, 0.15) is 17.5 Å². The second-order valence-electron chi connectivity index (χ2n) is 5.38. The van der Waals surface area contributed by atoms with Crippen LogP contribution in [0, 0.1) is 6.92 Å². The summed E-state index contributed by atoms with van der Waals surface area (Å²) in [7, 11) is 0. The fourth-order valence-corrected chi connectivity index (χ4v) is 2.47. The van der Waals surface area contributed by atoms with Crippen LogP contribution in [0.4, 0.5) is 11.6 Å². The Hall–Kier alpha value is -1.89. The maximum Gasteiger partial charge on any atom is 0.221 e. The van der Waals surface area contributed by atoms with Crippen molar-refractivity contribution in [1.82, 2.24) is 15.3 Å². The number of nitrogens with two attached hydrogens (primary N) is 1. The quantitative estimate of drug-likeness (QED) is 0.542. The van der Waals surface area contributed by atoms with Crippen molar-refractivity contribution in [2.24, 2.45) is 5.84 Å². The van der Waals surface area contributed by atoms with E-state index >= 15 is 0 Å². The first-order valence-corrected chi connectivity index (χ1v) is 7.06. The third kappa shape index (κ3) is 2.53. The van der Waals surface area contributed by atoms with Gasteiger partial charge in [0.2, 0.25) is 5.91 Å². The Morgan fingerprint density at radius 2 is 2.15 bits per heavy atom. The van der Waals surface area contributed by atoms with E-state index in [1.165, 1.54) is 0 Å². The molecule has 1 saturated heterocycles. The molecule has 2 fully saturated rings. The molecule has 1 aromatic rings. The van der Waals surface area contributed by atoms with Crippen LogP contribution in [-0.4, -0.2) is 35.5 Å². The van der Waals surface area contributed by atoms with Gasteiger partial charge in [0.15, 0.2) is 0 Å². The Bertz CT molecular complexity index is 528. The van der Waals surface area contributed by atoms with Crippen molar-refractivity contribution in [1.29, 1.82) is 0 Å². The van der Waals surface area contributed by atoms with Gasteiger partial charge in [0.25, 0.3) is 0 Å². The SMILES string of the molecule is Cc1c(NN)nc(C2CC2)nc1N1CCNC(=O)CC1. The Morgan fingerprint density at radius 3 is 2.85 bits per heavy atom. The summed E-state index contributed by atoms with van der Waals surface area (Å²) in [6.45, 7) is 4.04. The van der Waals surface area contributed by atoms with Gasteiger partial charge in [-0.15, -0.1) is 0 Å². The average Bonchev–Trinajstić information content (AvgIpc) is 3.27. The Morgan fingerprint density at radius 1 is 1.35 bits per heavy atom. The molecule has 0 spiro atoms. The van der Waals surface area contributed by atoms with Crippen molar-refractivity contribution in [3.05, 3.63) is 11.4 Å². The standard InChI is InChI=1S/C13H20N6O/c1-8-11(18-14)16-12(9-2-3-9)17-13(8)19-6-4-10(20)15-5-7-19/h9H,2-7,14H2,1H3,(H,15,20)(H,16,17,18). The van der Waals surface area contributed by atoms with E-state index in [2.05, 4.69) is 20.6 Å². The monoisotopic (exact) mass is 276 g/mol. The largest absolute Gasteiger partial charge is 0.354 e. The summed E-state index contributed by atoms with van der Waals surface area (Å²) in [5.74, 6) is 8.57. The van der Waals surface area contributed by atoms with Crippen LogP contribution < -0.4 is 21.5 Å². The number of carbonyl (C=O) groups is 1. The van der Waals surface area contributed by atoms with Crippen LogP contribution in [-0.2, 0) is 4.79 Å². The van der Waals surface area contributed by atoms with Crippen molar-refractivity contribution in [2.45, 2.75) is 32.1 Å². The number of hydrogen-bond donors (Lipinski definition) is 3. The first-order chi connectivity index (χ1) is 9.69. The first kappa shape index (κ1) is 13.1. The summed E-state index contributed by atoms with van der Waals surface area (Å²) in [5, 5.41) is 2.88. The molecule has 1 saturated carbocycles. The molecule has 7 nitrogen and oxygen atoms in total. The van der Waals surface area contributed by atoms with Gasteiger partial charge < -0.3 is 15.6 Å². The topological polar surface area (TPSA) is 96.2 Å². The minimum atomic E-state index is 0.0961. The van der Waals surface area contributed by atoms with Crippen molar-refractivity contribution in [3.63, 3.8) is 0 Å². The molecule has 4 N–H and O–H groups in total. The molecule has 1 aliphatic carbocycles. The number of rotatable bonds is 3. The van der Waals surface area contributed by atoms with E-state index < -0.39 is 0 Å². The van der Waals surface area contributed by atoms with E-state index in [4.69, 9.17) is 10.8 Å². The van der Waals surface area contributed by atoms with Gasteiger partial charge >= 0.3 is 0 Å². The molecule has 0 atom stereocenters. The van der Waals surface area contributed by atoms with Crippen LogP contribution in [0.25, 0.3) is 0 Å². The zero-order chi connectivity index (χ0) is 14.1. The number of nitrogens with zero attached hydrogens (tertiary/aromatic N) is 3. The lowest BCUT2D eigenvalue weighted by Gasteiger charge is -2.24. The minimum absolute atomic E-state index is 0.0961. The molecule has 7 heteroatoms. The van der Waals surface area contributed by atoms with Gasteiger partial charge in [-0.3, -0.25) is 4.79 Å². The van der Waals surface area contributed by atoms with Gasteiger partial charge in [-0.25, -0.2) is 15.8 Å². The average molecular weight is 276 g/mol. The van der Waals surface area contributed by atoms with Crippen LogP contribution in [0.5, 0.6) is 0 Å². The number of carbonyl (C=O) groups excluding carboxylic acids is 1. The third-order valence-corrected chi connectivity index (χ3v) is 3.83. The number of hydrazine groups is 1. The zero-order valence-corrected chi connectivity index (χ0v) is 11.6. The fraction of sp³-hybridized carbons (Fsp3) is 0.615. The van der Waals surface area contributed by atoms with E-state index in [-0.39, 0.29) is 5.91 Å². The smallest absolute Gasteiger partial charge is 0.221 e. The second kappa shape index (κ2) is 5.24. The van der Waals surface area contributed by atoms with Crippen LogP contribution >= 0.6 is 0 Å². The van der Waals surface area contributed by atoms with E-state index in [0.29, 0.717) is 31.2 Å². The molecule has 2 aliphatic rings. The van der Waals surface area contributed by atoms with E-state index in [1.54, 1.807) is 0 Å². The predicted octanol–water partition coefficient (Wildman–Crippen LogP) is 0.274. The molecule has 3 rings (SSSR count). The lowest BCUT2D eigenvalue weighted by atomic mass is 10.2. The first-order valence-electron chi connectivity index (χ1n) is 7.06. The summed E-state index contributed by atoms with van der Waals surface area (Å²) in [6.07, 6.45) is 2.78.